The van der Waals surface area contributed by atoms with Gasteiger partial charge < -0.3 is 16.2 Å². The summed E-state index contributed by atoms with van der Waals surface area (Å²) in [5.41, 5.74) is 12.4. The van der Waals surface area contributed by atoms with E-state index in [1.165, 1.54) is 0 Å². The number of rotatable bonds is 3. The van der Waals surface area contributed by atoms with Crippen molar-refractivity contribution in [1.82, 2.24) is 9.97 Å². The van der Waals surface area contributed by atoms with Crippen molar-refractivity contribution >= 4 is 11.8 Å². The van der Waals surface area contributed by atoms with Crippen molar-refractivity contribution in [3.8, 4) is 29.1 Å². The minimum absolute atomic E-state index is 0.00121. The fourth-order valence-electron chi connectivity index (χ4n) is 1.64. The first-order chi connectivity index (χ1) is 9.65. The second-order valence-electron chi connectivity index (χ2n) is 3.77. The van der Waals surface area contributed by atoms with Crippen LogP contribution in [0.15, 0.2) is 24.3 Å². The van der Waals surface area contributed by atoms with E-state index in [-0.39, 0.29) is 23.9 Å². The maximum atomic E-state index is 9.11. The number of anilines is 2. The molecule has 0 fully saturated rings. The van der Waals surface area contributed by atoms with E-state index in [9.17, 15) is 0 Å². The number of nitriles is 2. The molecule has 0 aliphatic heterocycles. The highest BCUT2D eigenvalue weighted by Crippen LogP contribution is 2.26. The van der Waals surface area contributed by atoms with Gasteiger partial charge in [-0.3, -0.25) is 0 Å². The molecule has 98 valence electrons. The lowest BCUT2D eigenvalue weighted by Crippen LogP contribution is -2.05. The highest BCUT2D eigenvalue weighted by molar-refractivity contribution is 5.73. The van der Waals surface area contributed by atoms with Gasteiger partial charge in [0.25, 0.3) is 0 Å². The highest BCUT2D eigenvalue weighted by Gasteiger charge is 2.13. The standard InChI is InChI=1S/C13H10N6O/c14-5-6-20-9-3-1-8(2-4-9)11-10(7-15)12(16)19-13(17)18-11/h1-4H,6H2,(H4,16,17,18,19). The molecule has 1 aromatic heterocycles. The van der Waals surface area contributed by atoms with Gasteiger partial charge in [0.15, 0.2) is 6.61 Å². The zero-order chi connectivity index (χ0) is 14.5. The van der Waals surface area contributed by atoms with Crippen LogP contribution in [0.1, 0.15) is 5.56 Å². The lowest BCUT2D eigenvalue weighted by Gasteiger charge is -2.07. The van der Waals surface area contributed by atoms with Crippen molar-refractivity contribution in [1.29, 1.82) is 10.5 Å². The van der Waals surface area contributed by atoms with Crippen LogP contribution in [-0.4, -0.2) is 16.6 Å². The topological polar surface area (TPSA) is 135 Å². The molecule has 2 rings (SSSR count). The molecule has 0 amide bonds. The van der Waals surface area contributed by atoms with Crippen molar-refractivity contribution in [3.05, 3.63) is 29.8 Å². The molecule has 0 spiro atoms. The number of aromatic nitrogens is 2. The van der Waals surface area contributed by atoms with Crippen molar-refractivity contribution in [2.24, 2.45) is 0 Å². The molecule has 0 aliphatic carbocycles. The Morgan fingerprint density at radius 1 is 1.10 bits per heavy atom. The highest BCUT2D eigenvalue weighted by atomic mass is 16.5. The Balaban J connectivity index is 2.42. The van der Waals surface area contributed by atoms with E-state index in [1.54, 1.807) is 24.3 Å². The summed E-state index contributed by atoms with van der Waals surface area (Å²) in [4.78, 5) is 7.79. The zero-order valence-corrected chi connectivity index (χ0v) is 10.4. The van der Waals surface area contributed by atoms with Gasteiger partial charge in [-0.05, 0) is 24.3 Å². The van der Waals surface area contributed by atoms with E-state index in [0.717, 1.165) is 0 Å². The van der Waals surface area contributed by atoms with Crippen LogP contribution in [0.5, 0.6) is 5.75 Å². The smallest absolute Gasteiger partial charge is 0.222 e. The van der Waals surface area contributed by atoms with Gasteiger partial charge in [-0.1, -0.05) is 0 Å². The van der Waals surface area contributed by atoms with Gasteiger partial charge in [0.05, 0.1) is 5.69 Å². The molecule has 1 aromatic carbocycles. The molecule has 1 heterocycles. The minimum atomic E-state index is -0.0316. The number of nitrogen functional groups attached to an aromatic ring is 2. The van der Waals surface area contributed by atoms with Gasteiger partial charge in [-0.2, -0.15) is 15.5 Å². The molecule has 0 atom stereocenters. The van der Waals surface area contributed by atoms with Crippen molar-refractivity contribution < 1.29 is 4.74 Å². The maximum absolute atomic E-state index is 9.11. The van der Waals surface area contributed by atoms with E-state index in [4.69, 9.17) is 26.7 Å². The lowest BCUT2D eigenvalue weighted by molar-refractivity contribution is 0.368. The third-order valence-corrected chi connectivity index (χ3v) is 2.50. The number of nitrogens with two attached hydrogens (primary N) is 2. The van der Waals surface area contributed by atoms with Gasteiger partial charge in [0.1, 0.15) is 29.3 Å². The maximum Gasteiger partial charge on any atom is 0.222 e. The van der Waals surface area contributed by atoms with Gasteiger partial charge in [0.2, 0.25) is 5.95 Å². The van der Waals surface area contributed by atoms with Crippen LogP contribution in [0.2, 0.25) is 0 Å². The average molecular weight is 266 g/mol. The normalized spacial score (nSPS) is 9.50. The Kier molecular flexibility index (Phi) is 3.64. The fraction of sp³-hybridized carbons (Fsp3) is 0.0769. The van der Waals surface area contributed by atoms with Crippen LogP contribution in [0.25, 0.3) is 11.3 Å². The van der Waals surface area contributed by atoms with Crippen LogP contribution >= 0.6 is 0 Å². The molecular weight excluding hydrogens is 256 g/mol. The second kappa shape index (κ2) is 5.55. The lowest BCUT2D eigenvalue weighted by atomic mass is 10.1. The number of hydrogen-bond donors (Lipinski definition) is 2. The first kappa shape index (κ1) is 13.1. The summed E-state index contributed by atoms with van der Waals surface area (Å²) in [6, 6.07) is 10.6. The number of hydrogen-bond acceptors (Lipinski definition) is 7. The van der Waals surface area contributed by atoms with Crippen molar-refractivity contribution in [3.63, 3.8) is 0 Å². The molecular formula is C13H10N6O. The van der Waals surface area contributed by atoms with Gasteiger partial charge in [-0.15, -0.1) is 0 Å². The Morgan fingerprint density at radius 2 is 1.80 bits per heavy atom. The predicted molar refractivity (Wildman–Crippen MR) is 72.1 cm³/mol. The summed E-state index contributed by atoms with van der Waals surface area (Å²) in [6.07, 6.45) is 0. The second-order valence-corrected chi connectivity index (χ2v) is 3.77. The molecule has 7 nitrogen and oxygen atoms in total. The molecule has 7 heteroatoms. The van der Waals surface area contributed by atoms with Gasteiger partial charge >= 0.3 is 0 Å². The summed E-state index contributed by atoms with van der Waals surface area (Å²) in [5.74, 6) is 0.588. The van der Waals surface area contributed by atoms with E-state index in [0.29, 0.717) is 17.0 Å². The number of benzene rings is 1. The van der Waals surface area contributed by atoms with Crippen LogP contribution in [0.4, 0.5) is 11.8 Å². The molecule has 0 saturated carbocycles. The first-order valence-corrected chi connectivity index (χ1v) is 5.59. The van der Waals surface area contributed by atoms with Crippen LogP contribution in [0.3, 0.4) is 0 Å². The van der Waals surface area contributed by atoms with Crippen LogP contribution in [0, 0.1) is 22.7 Å². The Bertz CT molecular complexity index is 711. The summed E-state index contributed by atoms with van der Waals surface area (Å²) in [6.45, 7) is -0.0316. The minimum Gasteiger partial charge on any atom is -0.479 e. The van der Waals surface area contributed by atoms with Gasteiger partial charge in [-0.25, -0.2) is 4.98 Å². The Hall–Kier alpha value is -3.32. The molecule has 0 unspecified atom stereocenters. The Labute approximate surface area is 115 Å². The molecule has 0 aliphatic rings. The van der Waals surface area contributed by atoms with Gasteiger partial charge in [0, 0.05) is 5.56 Å². The zero-order valence-electron chi connectivity index (χ0n) is 10.4. The first-order valence-electron chi connectivity index (χ1n) is 5.59. The van der Waals surface area contributed by atoms with Crippen LogP contribution < -0.4 is 16.2 Å². The number of nitrogens with zero attached hydrogens (tertiary/aromatic N) is 4. The van der Waals surface area contributed by atoms with E-state index in [2.05, 4.69) is 9.97 Å². The van der Waals surface area contributed by atoms with E-state index < -0.39 is 0 Å². The molecule has 0 radical (unpaired) electrons. The average Bonchev–Trinajstić information content (AvgIpc) is 2.45. The predicted octanol–water partition coefficient (Wildman–Crippen LogP) is 1.08. The summed E-state index contributed by atoms with van der Waals surface area (Å²) in [5, 5.41) is 17.5. The summed E-state index contributed by atoms with van der Waals surface area (Å²) < 4.78 is 5.14. The van der Waals surface area contributed by atoms with E-state index >= 15 is 0 Å². The summed E-state index contributed by atoms with van der Waals surface area (Å²) >= 11 is 0. The quantitative estimate of drug-likeness (QED) is 0.848. The third-order valence-electron chi connectivity index (χ3n) is 2.50. The third kappa shape index (κ3) is 2.57. The van der Waals surface area contributed by atoms with Crippen molar-refractivity contribution in [2.75, 3.05) is 18.1 Å². The van der Waals surface area contributed by atoms with Crippen LogP contribution in [-0.2, 0) is 0 Å². The molecule has 0 saturated heterocycles. The largest absolute Gasteiger partial charge is 0.479 e. The number of ether oxygens (including phenoxy) is 1. The monoisotopic (exact) mass is 266 g/mol. The SMILES string of the molecule is N#CCOc1ccc(-c2nc(N)nc(N)c2C#N)cc1. The Morgan fingerprint density at radius 3 is 2.40 bits per heavy atom. The molecule has 0 bridgehead atoms. The molecule has 2 aromatic rings. The molecule has 4 N–H and O–H groups in total. The molecule has 20 heavy (non-hydrogen) atoms. The summed E-state index contributed by atoms with van der Waals surface area (Å²) in [7, 11) is 0. The fourth-order valence-corrected chi connectivity index (χ4v) is 1.64. The van der Waals surface area contributed by atoms with E-state index in [1.807, 2.05) is 12.1 Å². The van der Waals surface area contributed by atoms with Crippen molar-refractivity contribution in [2.45, 2.75) is 0 Å².